The predicted octanol–water partition coefficient (Wildman–Crippen LogP) is 3.45. The predicted molar refractivity (Wildman–Crippen MR) is 97.5 cm³/mol. The summed E-state index contributed by atoms with van der Waals surface area (Å²) < 4.78 is 42.4. The monoisotopic (exact) mass is 412 g/mol. The molecule has 1 atom stereocenters. The van der Waals surface area contributed by atoms with Gasteiger partial charge in [0, 0.05) is 6.08 Å². The number of benzene rings is 1. The maximum atomic E-state index is 12.5. The van der Waals surface area contributed by atoms with Crippen LogP contribution in [-0.4, -0.2) is 23.9 Å². The van der Waals surface area contributed by atoms with Crippen molar-refractivity contribution in [1.82, 2.24) is 0 Å². The summed E-state index contributed by atoms with van der Waals surface area (Å²) >= 11 is 1.09. The second kappa shape index (κ2) is 8.70. The van der Waals surface area contributed by atoms with Gasteiger partial charge < -0.3 is 15.8 Å². The molecule has 3 N–H and O–H groups in total. The smallest absolute Gasteiger partial charge is 0.416 e. The summed E-state index contributed by atoms with van der Waals surface area (Å²) in [5.74, 6) is -2.23. The number of carbonyl (C=O) groups excluding carboxylic acids is 3. The van der Waals surface area contributed by atoms with Crippen LogP contribution in [0.1, 0.15) is 28.4 Å². The van der Waals surface area contributed by atoms with Gasteiger partial charge in [-0.15, -0.1) is 11.3 Å². The van der Waals surface area contributed by atoms with Crippen LogP contribution in [0.15, 0.2) is 41.8 Å². The number of hydrogen-bond donors (Lipinski definition) is 2. The zero-order chi connectivity index (χ0) is 20.9. The molecule has 10 heteroatoms. The van der Waals surface area contributed by atoms with Gasteiger partial charge in [0.1, 0.15) is 5.00 Å². The number of esters is 1. The van der Waals surface area contributed by atoms with Crippen LogP contribution in [0.2, 0.25) is 0 Å². The lowest BCUT2D eigenvalue weighted by atomic mass is 10.1. The van der Waals surface area contributed by atoms with Crippen molar-refractivity contribution in [2.45, 2.75) is 19.2 Å². The third-order valence-electron chi connectivity index (χ3n) is 3.48. The molecule has 0 saturated carbocycles. The molecule has 1 aromatic carbocycles. The first-order valence-corrected chi connectivity index (χ1v) is 8.70. The number of nitrogens with one attached hydrogen (secondary N) is 1. The number of nitrogens with two attached hydrogens (primary N) is 1. The van der Waals surface area contributed by atoms with Gasteiger partial charge in [-0.25, -0.2) is 4.79 Å². The lowest BCUT2D eigenvalue weighted by Gasteiger charge is -2.12. The Kier molecular flexibility index (Phi) is 6.57. The van der Waals surface area contributed by atoms with E-state index in [0.717, 1.165) is 29.5 Å². The first-order valence-electron chi connectivity index (χ1n) is 7.82. The summed E-state index contributed by atoms with van der Waals surface area (Å²) in [6.07, 6.45) is -3.36. The Morgan fingerprint density at radius 2 is 1.82 bits per heavy atom. The van der Waals surface area contributed by atoms with Crippen LogP contribution in [0.4, 0.5) is 18.2 Å². The average molecular weight is 412 g/mol. The van der Waals surface area contributed by atoms with Gasteiger partial charge >= 0.3 is 12.1 Å². The summed E-state index contributed by atoms with van der Waals surface area (Å²) in [6.45, 7) is 1.33. The Balaban J connectivity index is 1.92. The lowest BCUT2D eigenvalue weighted by molar-refractivity contribution is -0.148. The standard InChI is InChI=1S/C18H15F3N2O4S/c1-10(16(26)23-17-13(15(22)25)8-9-28-17)27-14(24)7-4-11-2-5-12(6-3-11)18(19,20)21/h2-10H,1H3,(H2,22,25)(H,23,26)/b7-4+/t10-/m0/s1. The van der Waals surface area contributed by atoms with Crippen LogP contribution >= 0.6 is 11.3 Å². The van der Waals surface area contributed by atoms with Crippen LogP contribution in [0.5, 0.6) is 0 Å². The Hall–Kier alpha value is -3.14. The van der Waals surface area contributed by atoms with Gasteiger partial charge in [-0.1, -0.05) is 12.1 Å². The molecule has 2 rings (SSSR count). The van der Waals surface area contributed by atoms with E-state index in [4.69, 9.17) is 10.5 Å². The van der Waals surface area contributed by atoms with Gasteiger partial charge in [0.15, 0.2) is 6.10 Å². The first-order chi connectivity index (χ1) is 13.1. The molecule has 0 bridgehead atoms. The second-order valence-corrected chi connectivity index (χ2v) is 6.47. The summed E-state index contributed by atoms with van der Waals surface area (Å²) in [7, 11) is 0. The highest BCUT2D eigenvalue weighted by molar-refractivity contribution is 7.14. The fraction of sp³-hybridized carbons (Fsp3) is 0.167. The highest BCUT2D eigenvalue weighted by atomic mass is 32.1. The zero-order valence-corrected chi connectivity index (χ0v) is 15.3. The largest absolute Gasteiger partial charge is 0.449 e. The minimum atomic E-state index is -4.44. The van der Waals surface area contributed by atoms with E-state index in [0.29, 0.717) is 5.56 Å². The molecular formula is C18H15F3N2O4S. The van der Waals surface area contributed by atoms with E-state index < -0.39 is 35.6 Å². The van der Waals surface area contributed by atoms with Crippen molar-refractivity contribution < 1.29 is 32.3 Å². The highest BCUT2D eigenvalue weighted by Gasteiger charge is 2.29. The minimum absolute atomic E-state index is 0.138. The van der Waals surface area contributed by atoms with Crippen molar-refractivity contribution in [1.29, 1.82) is 0 Å². The molecule has 1 aromatic heterocycles. The van der Waals surface area contributed by atoms with Crippen molar-refractivity contribution >= 4 is 40.2 Å². The Bertz CT molecular complexity index is 904. The maximum Gasteiger partial charge on any atom is 0.416 e. The summed E-state index contributed by atoms with van der Waals surface area (Å²) in [5, 5.41) is 4.25. The number of alkyl halides is 3. The number of thiophene rings is 1. The van der Waals surface area contributed by atoms with E-state index in [2.05, 4.69) is 5.32 Å². The number of hydrogen-bond acceptors (Lipinski definition) is 5. The van der Waals surface area contributed by atoms with E-state index >= 15 is 0 Å². The number of ether oxygens (including phenoxy) is 1. The van der Waals surface area contributed by atoms with Gasteiger partial charge in [0.2, 0.25) is 0 Å². The number of carbonyl (C=O) groups is 3. The van der Waals surface area contributed by atoms with E-state index in [1.54, 1.807) is 5.38 Å². The number of amides is 2. The van der Waals surface area contributed by atoms with E-state index in [1.807, 2.05) is 0 Å². The molecule has 0 saturated heterocycles. The Morgan fingerprint density at radius 3 is 2.39 bits per heavy atom. The molecule has 0 spiro atoms. The molecule has 0 aliphatic rings. The number of primary amides is 1. The SMILES string of the molecule is C[C@H](OC(=O)/C=C/c1ccc(C(F)(F)F)cc1)C(=O)Nc1sccc1C(N)=O. The van der Waals surface area contributed by atoms with E-state index in [9.17, 15) is 27.6 Å². The summed E-state index contributed by atoms with van der Waals surface area (Å²) in [5.41, 5.74) is 4.87. The van der Waals surface area contributed by atoms with Crippen LogP contribution in [0.25, 0.3) is 6.08 Å². The van der Waals surface area contributed by atoms with Crippen molar-refractivity contribution in [2.24, 2.45) is 5.73 Å². The molecule has 1 heterocycles. The molecule has 28 heavy (non-hydrogen) atoms. The quantitative estimate of drug-likeness (QED) is 0.561. The molecule has 0 aliphatic heterocycles. The second-order valence-electron chi connectivity index (χ2n) is 5.55. The van der Waals surface area contributed by atoms with Crippen molar-refractivity contribution in [3.05, 3.63) is 58.5 Å². The fourth-order valence-electron chi connectivity index (χ4n) is 2.03. The molecular weight excluding hydrogens is 397 g/mol. The van der Waals surface area contributed by atoms with Gasteiger partial charge in [-0.3, -0.25) is 9.59 Å². The lowest BCUT2D eigenvalue weighted by Crippen LogP contribution is -2.29. The fourth-order valence-corrected chi connectivity index (χ4v) is 2.82. The summed E-state index contributed by atoms with van der Waals surface area (Å²) in [4.78, 5) is 35.1. The number of halogens is 3. The third kappa shape index (κ3) is 5.68. The van der Waals surface area contributed by atoms with E-state index in [-0.39, 0.29) is 10.6 Å². The van der Waals surface area contributed by atoms with Crippen LogP contribution in [-0.2, 0) is 20.5 Å². The average Bonchev–Trinajstić information content (AvgIpc) is 3.08. The molecule has 6 nitrogen and oxygen atoms in total. The Morgan fingerprint density at radius 1 is 1.18 bits per heavy atom. The normalized spacial score (nSPS) is 12.6. The van der Waals surface area contributed by atoms with Crippen LogP contribution in [0.3, 0.4) is 0 Å². The molecule has 0 fully saturated rings. The molecule has 2 amide bonds. The minimum Gasteiger partial charge on any atom is -0.449 e. The maximum absolute atomic E-state index is 12.5. The zero-order valence-electron chi connectivity index (χ0n) is 14.4. The topological polar surface area (TPSA) is 98.5 Å². The van der Waals surface area contributed by atoms with Crippen molar-refractivity contribution in [2.75, 3.05) is 5.32 Å². The molecule has 0 unspecified atom stereocenters. The van der Waals surface area contributed by atoms with Crippen molar-refractivity contribution in [3.63, 3.8) is 0 Å². The Labute approximate surface area is 161 Å². The van der Waals surface area contributed by atoms with Gasteiger partial charge in [-0.05, 0) is 42.1 Å². The van der Waals surface area contributed by atoms with Crippen LogP contribution in [0, 0.1) is 0 Å². The molecule has 148 valence electrons. The van der Waals surface area contributed by atoms with Gasteiger partial charge in [-0.2, -0.15) is 13.2 Å². The van der Waals surface area contributed by atoms with Crippen molar-refractivity contribution in [3.8, 4) is 0 Å². The van der Waals surface area contributed by atoms with Crippen LogP contribution < -0.4 is 11.1 Å². The molecule has 2 aromatic rings. The molecule has 0 aliphatic carbocycles. The summed E-state index contributed by atoms with van der Waals surface area (Å²) in [6, 6.07) is 5.62. The van der Waals surface area contributed by atoms with E-state index in [1.165, 1.54) is 31.2 Å². The highest BCUT2D eigenvalue weighted by Crippen LogP contribution is 2.29. The van der Waals surface area contributed by atoms with Gasteiger partial charge in [0.25, 0.3) is 11.8 Å². The number of anilines is 1. The molecule has 0 radical (unpaired) electrons. The number of rotatable bonds is 6. The van der Waals surface area contributed by atoms with Gasteiger partial charge in [0.05, 0.1) is 11.1 Å². The first kappa shape index (κ1) is 21.2. The third-order valence-corrected chi connectivity index (χ3v) is 4.31.